The summed E-state index contributed by atoms with van der Waals surface area (Å²) >= 11 is 0. The summed E-state index contributed by atoms with van der Waals surface area (Å²) in [7, 11) is 3.41. The molecule has 5 heterocycles. The molecular formula is C21H27N3O6. The Hall–Kier alpha value is -1.62. The van der Waals surface area contributed by atoms with Crippen molar-refractivity contribution in [3.8, 4) is 0 Å². The van der Waals surface area contributed by atoms with Crippen LogP contribution in [0.5, 0.6) is 0 Å². The number of piperidine rings is 1. The number of carbonyl (C=O) groups is 2. The molecule has 0 amide bonds. The van der Waals surface area contributed by atoms with Crippen molar-refractivity contribution in [1.29, 1.82) is 0 Å². The van der Waals surface area contributed by atoms with Gasteiger partial charge in [0, 0.05) is 47.3 Å². The maximum absolute atomic E-state index is 13.6. The van der Waals surface area contributed by atoms with Crippen LogP contribution in [-0.2, 0) is 19.1 Å². The molecule has 1 aliphatic carbocycles. The van der Waals surface area contributed by atoms with E-state index in [0.29, 0.717) is 24.3 Å². The number of carbonyl (C=O) groups excluding carboxylic acids is 2. The number of aliphatic hydroxyl groups is 2. The van der Waals surface area contributed by atoms with E-state index in [-0.39, 0.29) is 65.8 Å². The Morgan fingerprint density at radius 1 is 1.20 bits per heavy atom. The number of ketones is 2. The molecule has 5 aliphatic heterocycles. The molecule has 9 nitrogen and oxygen atoms in total. The van der Waals surface area contributed by atoms with E-state index in [9.17, 15) is 19.8 Å². The Morgan fingerprint density at radius 2 is 1.97 bits per heavy atom. The Balaban J connectivity index is 1.61. The van der Waals surface area contributed by atoms with Gasteiger partial charge in [0.1, 0.15) is 12.5 Å². The Bertz CT molecular complexity index is 914. The van der Waals surface area contributed by atoms with Crippen molar-refractivity contribution < 1.29 is 29.3 Å². The van der Waals surface area contributed by atoms with Crippen LogP contribution in [0.25, 0.3) is 0 Å². The summed E-state index contributed by atoms with van der Waals surface area (Å²) in [5, 5.41) is 21.7. The number of aliphatic hydroxyl groups excluding tert-OH is 2. The first-order chi connectivity index (χ1) is 14.4. The second-order valence-electron chi connectivity index (χ2n) is 9.26. The van der Waals surface area contributed by atoms with Gasteiger partial charge in [-0.15, -0.1) is 0 Å². The van der Waals surface area contributed by atoms with Crippen molar-refractivity contribution in [1.82, 2.24) is 14.7 Å². The van der Waals surface area contributed by atoms with Gasteiger partial charge >= 0.3 is 0 Å². The second-order valence-corrected chi connectivity index (χ2v) is 9.26. The minimum absolute atomic E-state index is 0.0325. The van der Waals surface area contributed by atoms with E-state index in [0.717, 1.165) is 6.42 Å². The molecule has 0 spiro atoms. The monoisotopic (exact) mass is 417 g/mol. The lowest BCUT2D eigenvalue weighted by Crippen LogP contribution is -2.78. The van der Waals surface area contributed by atoms with Crippen LogP contribution in [0, 0.1) is 5.92 Å². The van der Waals surface area contributed by atoms with Crippen LogP contribution < -0.4 is 0 Å². The highest BCUT2D eigenvalue weighted by atomic mass is 16.5. The quantitative estimate of drug-likeness (QED) is 0.518. The number of ether oxygens (including phenoxy) is 2. The third-order valence-electron chi connectivity index (χ3n) is 8.33. The van der Waals surface area contributed by atoms with E-state index in [1.807, 2.05) is 11.9 Å². The molecule has 0 saturated carbocycles. The van der Waals surface area contributed by atoms with Gasteiger partial charge in [0.15, 0.2) is 11.5 Å². The number of hydrogen-bond donors (Lipinski definition) is 2. The summed E-state index contributed by atoms with van der Waals surface area (Å²) in [5.41, 5.74) is 1.04. The summed E-state index contributed by atoms with van der Waals surface area (Å²) in [4.78, 5) is 33.3. The van der Waals surface area contributed by atoms with Gasteiger partial charge in [-0.1, -0.05) is 0 Å². The molecular weight excluding hydrogens is 390 g/mol. The Labute approximate surface area is 174 Å². The number of fused-ring (bicyclic) bond motifs is 5. The van der Waals surface area contributed by atoms with Crippen LogP contribution in [0.2, 0.25) is 0 Å². The number of likely N-dealkylation sites (N-methyl/N-ethyl adjacent to an activating group) is 1. The van der Waals surface area contributed by atoms with Crippen LogP contribution in [0.15, 0.2) is 22.5 Å². The number of Topliss-reactive ketones (excluding diaryl/α,β-unsaturated/α-hetero) is 2. The number of allylic oxidation sites excluding steroid dienone is 2. The molecule has 2 N–H and O–H groups in total. The number of nitrogens with zero attached hydrogens (tertiary/aromatic N) is 3. The van der Waals surface area contributed by atoms with Gasteiger partial charge in [0.05, 0.1) is 32.4 Å². The maximum Gasteiger partial charge on any atom is 0.226 e. The van der Waals surface area contributed by atoms with E-state index in [2.05, 4.69) is 9.80 Å². The smallest absolute Gasteiger partial charge is 0.226 e. The van der Waals surface area contributed by atoms with Crippen LogP contribution >= 0.6 is 0 Å². The predicted octanol–water partition coefficient (Wildman–Crippen LogP) is -1.54. The van der Waals surface area contributed by atoms with Crippen molar-refractivity contribution in [3.63, 3.8) is 0 Å². The number of rotatable bonds is 2. The zero-order valence-electron chi connectivity index (χ0n) is 17.3. The highest BCUT2D eigenvalue weighted by molar-refractivity contribution is 6.25. The molecule has 6 rings (SSSR count). The Kier molecular flexibility index (Phi) is 3.95. The third kappa shape index (κ3) is 1.99. The van der Waals surface area contributed by atoms with Crippen LogP contribution in [0.3, 0.4) is 0 Å². The lowest BCUT2D eigenvalue weighted by molar-refractivity contribution is -0.187. The van der Waals surface area contributed by atoms with Crippen molar-refractivity contribution in [2.24, 2.45) is 5.92 Å². The van der Waals surface area contributed by atoms with Gasteiger partial charge < -0.3 is 19.7 Å². The standard InChI is InChI=1S/C21H27N3O6/c1-8-17(26)13-12(18(27)19(8)29-3)11(7-25)24-16-14-9(6-10(20(24)28)22(14)2)21-23(15(13)16)4-5-30-21/h9-11,14-16,20-21,25,28H,4-7H2,1-3H3/t9-,10?,11-,14?,15?,16+,20-,21+/m0/s1. The molecule has 0 aromatic carbocycles. The molecule has 2 bridgehead atoms. The van der Waals surface area contributed by atoms with Crippen LogP contribution in [0.4, 0.5) is 0 Å². The van der Waals surface area contributed by atoms with Crippen molar-refractivity contribution in [2.45, 2.75) is 56.0 Å². The topological polar surface area (TPSA) is 103 Å². The first-order valence-corrected chi connectivity index (χ1v) is 10.7. The number of methoxy groups -OCH3 is 1. The first-order valence-electron chi connectivity index (χ1n) is 10.7. The van der Waals surface area contributed by atoms with Crippen molar-refractivity contribution in [2.75, 3.05) is 33.9 Å². The second kappa shape index (κ2) is 6.21. The fourth-order valence-electron chi connectivity index (χ4n) is 7.26. The minimum Gasteiger partial charge on any atom is -0.492 e. The van der Waals surface area contributed by atoms with Gasteiger partial charge in [0.2, 0.25) is 5.78 Å². The SMILES string of the molecule is COC1=C(C)C(=O)C2=C(C1=O)[C@H](CO)N1[C@@H]3C4[C@H](CC([C@@H]1O)N4C)[C@H]1OCCN1C23. The average molecular weight is 417 g/mol. The third-order valence-corrected chi connectivity index (χ3v) is 8.33. The largest absolute Gasteiger partial charge is 0.492 e. The molecule has 0 radical (unpaired) electrons. The van der Waals surface area contributed by atoms with Gasteiger partial charge in [-0.25, -0.2) is 0 Å². The molecule has 4 saturated heterocycles. The molecule has 6 aliphatic rings. The first kappa shape index (κ1) is 19.1. The lowest BCUT2D eigenvalue weighted by atomic mass is 9.69. The summed E-state index contributed by atoms with van der Waals surface area (Å²) in [6, 6.07) is -1.31. The lowest BCUT2D eigenvalue weighted by Gasteiger charge is -2.61. The summed E-state index contributed by atoms with van der Waals surface area (Å²) in [6.45, 7) is 2.54. The zero-order chi connectivity index (χ0) is 21.1. The number of hydrogen-bond acceptors (Lipinski definition) is 9. The van der Waals surface area contributed by atoms with E-state index in [1.54, 1.807) is 6.92 Å². The molecule has 9 heteroatoms. The molecule has 30 heavy (non-hydrogen) atoms. The highest BCUT2D eigenvalue weighted by Gasteiger charge is 2.68. The van der Waals surface area contributed by atoms with Gasteiger partial charge in [0.25, 0.3) is 0 Å². The molecule has 0 aromatic rings. The molecule has 0 aromatic heterocycles. The predicted molar refractivity (Wildman–Crippen MR) is 103 cm³/mol. The molecule has 162 valence electrons. The van der Waals surface area contributed by atoms with Gasteiger partial charge in [-0.2, -0.15) is 0 Å². The molecule has 8 atom stereocenters. The summed E-state index contributed by atoms with van der Waals surface area (Å²) in [5.74, 6) is -0.319. The normalized spacial score (nSPS) is 45.9. The molecule has 3 unspecified atom stereocenters. The fourth-order valence-corrected chi connectivity index (χ4v) is 7.26. The van der Waals surface area contributed by atoms with Crippen molar-refractivity contribution >= 4 is 11.6 Å². The van der Waals surface area contributed by atoms with Crippen LogP contribution in [0.1, 0.15) is 13.3 Å². The summed E-state index contributed by atoms with van der Waals surface area (Å²) < 4.78 is 11.4. The van der Waals surface area contributed by atoms with Crippen LogP contribution in [-0.4, -0.2) is 113 Å². The Morgan fingerprint density at radius 3 is 2.67 bits per heavy atom. The molecule has 4 fully saturated rings. The average Bonchev–Trinajstić information content (AvgIpc) is 3.32. The van der Waals surface area contributed by atoms with Crippen molar-refractivity contribution in [3.05, 3.63) is 22.5 Å². The van der Waals surface area contributed by atoms with E-state index in [1.165, 1.54) is 7.11 Å². The van der Waals surface area contributed by atoms with E-state index < -0.39 is 12.3 Å². The van der Waals surface area contributed by atoms with Gasteiger partial charge in [-0.05, 0) is 20.4 Å². The van der Waals surface area contributed by atoms with E-state index >= 15 is 0 Å². The minimum atomic E-state index is -0.837. The summed E-state index contributed by atoms with van der Waals surface area (Å²) in [6.07, 6.45) is -0.184. The van der Waals surface area contributed by atoms with E-state index in [4.69, 9.17) is 9.47 Å². The zero-order valence-corrected chi connectivity index (χ0v) is 17.3. The fraction of sp³-hybridized carbons (Fsp3) is 0.714. The maximum atomic E-state index is 13.6. The highest BCUT2D eigenvalue weighted by Crippen LogP contribution is 2.54. The number of piperazine rings is 1. The van der Waals surface area contributed by atoms with Gasteiger partial charge in [-0.3, -0.25) is 24.3 Å².